The molecule has 5 atom stereocenters. The first-order valence-corrected chi connectivity index (χ1v) is 12.6. The van der Waals surface area contributed by atoms with Gasteiger partial charge in [0.2, 0.25) is 0 Å². The summed E-state index contributed by atoms with van der Waals surface area (Å²) in [7, 11) is 2.08. The molecule has 0 aromatic heterocycles. The molecule has 1 saturated heterocycles. The van der Waals surface area contributed by atoms with Crippen LogP contribution in [0.25, 0.3) is 0 Å². The Morgan fingerprint density at radius 1 is 1.12 bits per heavy atom. The van der Waals surface area contributed by atoms with Crippen LogP contribution in [0.3, 0.4) is 0 Å². The second kappa shape index (κ2) is 9.13. The number of ether oxygens (including phenoxy) is 2. The molecule has 1 saturated carbocycles. The minimum Gasteiger partial charge on any atom is -0.489 e. The molecule has 33 heavy (non-hydrogen) atoms. The summed E-state index contributed by atoms with van der Waals surface area (Å²) in [4.78, 5) is 14.6. The van der Waals surface area contributed by atoms with Crippen molar-refractivity contribution < 1.29 is 14.3 Å². The van der Waals surface area contributed by atoms with E-state index >= 15 is 0 Å². The van der Waals surface area contributed by atoms with Crippen LogP contribution in [0.4, 0.5) is 0 Å². The average Bonchev–Trinajstić information content (AvgIpc) is 2.87. The maximum Gasteiger partial charge on any atom is 0.323 e. The summed E-state index contributed by atoms with van der Waals surface area (Å²) >= 11 is 0. The molecule has 0 N–H and O–H groups in total. The summed E-state index contributed by atoms with van der Waals surface area (Å²) in [5.41, 5.74) is 4.42. The summed E-state index contributed by atoms with van der Waals surface area (Å²) < 4.78 is 11.8. The fourth-order valence-electron chi connectivity index (χ4n) is 6.84. The summed E-state index contributed by atoms with van der Waals surface area (Å²) in [6.07, 6.45) is 5.74. The Balaban J connectivity index is 1.34. The van der Waals surface area contributed by atoms with Gasteiger partial charge in [-0.15, -0.1) is 0 Å². The van der Waals surface area contributed by atoms with Gasteiger partial charge < -0.3 is 9.47 Å². The number of carbonyl (C=O) groups excluding carboxylic acids is 1. The maximum atomic E-state index is 12.4. The number of fused-ring (bicyclic) bond motifs is 5. The van der Waals surface area contributed by atoms with Gasteiger partial charge in [0, 0.05) is 6.54 Å². The van der Waals surface area contributed by atoms with E-state index in [-0.39, 0.29) is 17.4 Å². The van der Waals surface area contributed by atoms with Crippen LogP contribution in [-0.2, 0) is 22.6 Å². The number of cyclic esters (lactones) is 1. The minimum absolute atomic E-state index is 0.0756. The quantitative estimate of drug-likeness (QED) is 0.575. The highest BCUT2D eigenvalue weighted by molar-refractivity contribution is 5.75. The van der Waals surface area contributed by atoms with Crippen molar-refractivity contribution >= 4 is 5.97 Å². The van der Waals surface area contributed by atoms with E-state index in [0.717, 1.165) is 25.1 Å². The third kappa shape index (κ3) is 4.42. The average molecular weight is 448 g/mol. The van der Waals surface area contributed by atoms with E-state index in [1.54, 1.807) is 0 Å². The Kier molecular flexibility index (Phi) is 6.22. The van der Waals surface area contributed by atoms with Gasteiger partial charge in [-0.2, -0.15) is 0 Å². The lowest BCUT2D eigenvalue weighted by molar-refractivity contribution is -0.148. The van der Waals surface area contributed by atoms with Crippen molar-refractivity contribution in [3.8, 4) is 5.75 Å². The van der Waals surface area contributed by atoms with Gasteiger partial charge in [-0.1, -0.05) is 43.3 Å². The zero-order chi connectivity index (χ0) is 23.0. The highest BCUT2D eigenvalue weighted by Crippen LogP contribution is 2.56. The van der Waals surface area contributed by atoms with E-state index in [1.807, 2.05) is 13.0 Å². The van der Waals surface area contributed by atoms with Crippen molar-refractivity contribution in [1.82, 2.24) is 4.90 Å². The molecule has 176 valence electrons. The van der Waals surface area contributed by atoms with Crippen molar-refractivity contribution in [3.63, 3.8) is 0 Å². The SMILES string of the molecule is C[C@H]1C(=O)OCC[C@H]2[C@@H]3CCc4cc(OCc5ccccc5)ccc4[C@H]3CC[C@]2(C)CN1C. The molecular formula is C29H37NO3. The van der Waals surface area contributed by atoms with Crippen LogP contribution < -0.4 is 4.74 Å². The van der Waals surface area contributed by atoms with Crippen LogP contribution >= 0.6 is 0 Å². The van der Waals surface area contributed by atoms with Gasteiger partial charge in [-0.05, 0) is 98.1 Å². The molecule has 0 radical (unpaired) electrons. The molecule has 2 fully saturated rings. The van der Waals surface area contributed by atoms with E-state index in [2.05, 4.69) is 61.3 Å². The fourth-order valence-corrected chi connectivity index (χ4v) is 6.84. The lowest BCUT2D eigenvalue weighted by Crippen LogP contribution is -2.49. The van der Waals surface area contributed by atoms with Crippen LogP contribution in [-0.4, -0.2) is 37.1 Å². The number of likely N-dealkylation sites (N-methyl/N-ethyl adjacent to an activating group) is 1. The number of esters is 1. The molecule has 0 spiro atoms. The smallest absolute Gasteiger partial charge is 0.323 e. The minimum atomic E-state index is -0.167. The number of hydrogen-bond acceptors (Lipinski definition) is 4. The number of hydrogen-bond donors (Lipinski definition) is 0. The Morgan fingerprint density at radius 3 is 2.76 bits per heavy atom. The van der Waals surface area contributed by atoms with Crippen molar-refractivity contribution in [2.24, 2.45) is 17.3 Å². The molecule has 1 heterocycles. The topological polar surface area (TPSA) is 38.8 Å². The lowest BCUT2D eigenvalue weighted by Gasteiger charge is -2.53. The predicted molar refractivity (Wildman–Crippen MR) is 130 cm³/mol. The second-order valence-electron chi connectivity index (χ2n) is 10.8. The standard InChI is InChI=1S/C29H37NO3/c1-20-28(31)32-16-14-27-26-11-9-22-17-23(33-18-21-7-5-4-6-8-21)10-12-24(22)25(26)13-15-29(27,2)19-30(20)3/h4-8,10,12,17,20,25-27H,9,11,13-16,18-19H2,1-3H3/t20-,25+,26+,27-,29+/m0/s1. The second-order valence-corrected chi connectivity index (χ2v) is 10.8. The van der Waals surface area contributed by atoms with E-state index in [4.69, 9.17) is 9.47 Å². The van der Waals surface area contributed by atoms with Gasteiger partial charge in [0.05, 0.1) is 6.61 Å². The molecule has 4 nitrogen and oxygen atoms in total. The molecule has 0 unspecified atom stereocenters. The van der Waals surface area contributed by atoms with Gasteiger partial charge in [-0.25, -0.2) is 0 Å². The van der Waals surface area contributed by atoms with Crippen LogP contribution in [0.5, 0.6) is 5.75 Å². The summed E-state index contributed by atoms with van der Waals surface area (Å²) in [6.45, 7) is 6.57. The number of aryl methyl sites for hydroxylation is 1. The molecule has 2 aromatic carbocycles. The summed E-state index contributed by atoms with van der Waals surface area (Å²) in [5, 5.41) is 0. The molecule has 5 rings (SSSR count). The van der Waals surface area contributed by atoms with Gasteiger partial charge in [0.1, 0.15) is 18.4 Å². The van der Waals surface area contributed by atoms with Gasteiger partial charge in [-0.3, -0.25) is 9.69 Å². The number of nitrogens with zero attached hydrogens (tertiary/aromatic N) is 1. The van der Waals surface area contributed by atoms with Gasteiger partial charge >= 0.3 is 5.97 Å². The molecule has 1 aliphatic heterocycles. The van der Waals surface area contributed by atoms with E-state index in [9.17, 15) is 4.79 Å². The highest BCUT2D eigenvalue weighted by Gasteiger charge is 2.49. The van der Waals surface area contributed by atoms with Crippen molar-refractivity contribution in [1.29, 1.82) is 0 Å². The van der Waals surface area contributed by atoms with Crippen molar-refractivity contribution in [2.75, 3.05) is 20.2 Å². The highest BCUT2D eigenvalue weighted by atomic mass is 16.5. The van der Waals surface area contributed by atoms with Gasteiger partial charge in [0.15, 0.2) is 0 Å². The Morgan fingerprint density at radius 2 is 1.94 bits per heavy atom. The molecule has 2 aliphatic carbocycles. The van der Waals surface area contributed by atoms with Crippen LogP contribution in [0.2, 0.25) is 0 Å². The predicted octanol–water partition coefficient (Wildman–Crippen LogP) is 5.60. The summed E-state index contributed by atoms with van der Waals surface area (Å²) in [6, 6.07) is 17.0. The van der Waals surface area contributed by atoms with Crippen LogP contribution in [0, 0.1) is 17.3 Å². The lowest BCUT2D eigenvalue weighted by atomic mass is 9.53. The van der Waals surface area contributed by atoms with Crippen LogP contribution in [0.1, 0.15) is 62.1 Å². The third-order valence-corrected chi connectivity index (χ3v) is 8.75. The molecule has 3 aliphatic rings. The first-order chi connectivity index (χ1) is 15.9. The van der Waals surface area contributed by atoms with Crippen molar-refractivity contribution in [2.45, 2.75) is 64.5 Å². The maximum absolute atomic E-state index is 12.4. The largest absolute Gasteiger partial charge is 0.489 e. The van der Waals surface area contributed by atoms with Crippen molar-refractivity contribution in [3.05, 3.63) is 65.2 Å². The third-order valence-electron chi connectivity index (χ3n) is 8.75. The summed E-state index contributed by atoms with van der Waals surface area (Å²) in [5.74, 6) is 2.75. The zero-order valence-corrected chi connectivity index (χ0v) is 20.3. The monoisotopic (exact) mass is 447 g/mol. The first-order valence-electron chi connectivity index (χ1n) is 12.6. The van der Waals surface area contributed by atoms with Gasteiger partial charge in [0.25, 0.3) is 0 Å². The Bertz CT molecular complexity index is 990. The van der Waals surface area contributed by atoms with E-state index in [0.29, 0.717) is 31.0 Å². The molecular weight excluding hydrogens is 410 g/mol. The fraction of sp³-hybridized carbons (Fsp3) is 0.552. The number of benzene rings is 2. The first kappa shape index (κ1) is 22.5. The molecule has 0 bridgehead atoms. The normalized spacial score (nSPS) is 32.3. The Labute approximate surface area is 198 Å². The number of carbonyl (C=O) groups is 1. The molecule has 4 heteroatoms. The zero-order valence-electron chi connectivity index (χ0n) is 20.3. The van der Waals surface area contributed by atoms with Crippen LogP contribution in [0.15, 0.2) is 48.5 Å². The van der Waals surface area contributed by atoms with E-state index < -0.39 is 0 Å². The number of rotatable bonds is 3. The Hall–Kier alpha value is -2.33. The molecule has 0 amide bonds. The molecule has 2 aromatic rings. The van der Waals surface area contributed by atoms with E-state index in [1.165, 1.54) is 36.0 Å².